The molecular weight excluding hydrogens is 263 g/mol. The maximum Gasteiger partial charge on any atom is 0.573 e. The maximum atomic E-state index is 12.3. The number of ether oxygens (including phenoxy) is 1. The van der Waals surface area contributed by atoms with Gasteiger partial charge in [-0.1, -0.05) is 23.4 Å². The second-order valence-electron chi connectivity index (χ2n) is 3.73. The first kappa shape index (κ1) is 13.3. The summed E-state index contributed by atoms with van der Waals surface area (Å²) in [5, 5.41) is 3.58. The summed E-state index contributed by atoms with van der Waals surface area (Å²) >= 11 is 0. The van der Waals surface area contributed by atoms with Gasteiger partial charge in [0.15, 0.2) is 5.82 Å². The maximum absolute atomic E-state index is 12.3. The lowest BCUT2D eigenvalue weighted by Gasteiger charge is -2.15. The zero-order chi connectivity index (χ0) is 14.0. The first-order valence-electron chi connectivity index (χ1n) is 5.27. The van der Waals surface area contributed by atoms with Crippen molar-refractivity contribution < 1.29 is 22.4 Å². The third kappa shape index (κ3) is 3.22. The molecule has 0 aliphatic carbocycles. The largest absolute Gasteiger partial charge is 0.573 e. The van der Waals surface area contributed by atoms with Gasteiger partial charge in [0.25, 0.3) is 0 Å². The molecule has 0 saturated carbocycles. The molecule has 1 aromatic heterocycles. The fraction of sp³-hybridized carbons (Fsp3) is 0.273. The molecule has 102 valence electrons. The van der Waals surface area contributed by atoms with Gasteiger partial charge >= 0.3 is 6.36 Å². The van der Waals surface area contributed by atoms with Gasteiger partial charge in [0.2, 0.25) is 5.89 Å². The van der Waals surface area contributed by atoms with Gasteiger partial charge in [0.05, 0.1) is 6.04 Å². The molecule has 0 unspecified atom stereocenters. The highest BCUT2D eigenvalue weighted by molar-refractivity contribution is 5.38. The number of halogens is 3. The summed E-state index contributed by atoms with van der Waals surface area (Å²) in [7, 11) is 0. The lowest BCUT2D eigenvalue weighted by molar-refractivity contribution is -0.274. The molecule has 0 amide bonds. The van der Waals surface area contributed by atoms with E-state index in [1.165, 1.54) is 18.2 Å². The van der Waals surface area contributed by atoms with E-state index in [0.717, 1.165) is 0 Å². The van der Waals surface area contributed by atoms with E-state index in [1.807, 2.05) is 0 Å². The molecule has 0 radical (unpaired) electrons. The SMILES string of the molecule is Cc1nc([C@H](N)c2ccccc2OC(F)(F)F)no1. The minimum absolute atomic E-state index is 0.0933. The van der Waals surface area contributed by atoms with Crippen LogP contribution in [-0.4, -0.2) is 16.5 Å². The molecule has 1 atom stereocenters. The quantitative estimate of drug-likeness (QED) is 0.928. The Morgan fingerprint density at radius 1 is 1.32 bits per heavy atom. The van der Waals surface area contributed by atoms with E-state index in [9.17, 15) is 13.2 Å². The molecule has 0 aliphatic rings. The van der Waals surface area contributed by atoms with Crippen LogP contribution in [0.5, 0.6) is 5.75 Å². The summed E-state index contributed by atoms with van der Waals surface area (Å²) in [6, 6.07) is 4.59. The van der Waals surface area contributed by atoms with Crippen molar-refractivity contribution in [2.24, 2.45) is 5.73 Å². The Morgan fingerprint density at radius 3 is 2.58 bits per heavy atom. The van der Waals surface area contributed by atoms with E-state index in [0.29, 0.717) is 0 Å². The lowest BCUT2D eigenvalue weighted by atomic mass is 10.1. The van der Waals surface area contributed by atoms with Crippen LogP contribution in [0.2, 0.25) is 0 Å². The third-order valence-corrected chi connectivity index (χ3v) is 2.30. The zero-order valence-electron chi connectivity index (χ0n) is 9.81. The Bertz CT molecular complexity index is 568. The fourth-order valence-corrected chi connectivity index (χ4v) is 1.54. The molecule has 0 spiro atoms. The summed E-state index contributed by atoms with van der Waals surface area (Å²) in [5.74, 6) is -0.0136. The zero-order valence-corrected chi connectivity index (χ0v) is 9.81. The Morgan fingerprint density at radius 2 is 2.00 bits per heavy atom. The Balaban J connectivity index is 2.34. The van der Waals surface area contributed by atoms with Crippen molar-refractivity contribution in [3.63, 3.8) is 0 Å². The summed E-state index contributed by atoms with van der Waals surface area (Å²) in [6.07, 6.45) is -4.79. The highest BCUT2D eigenvalue weighted by Gasteiger charge is 2.33. The lowest BCUT2D eigenvalue weighted by Crippen LogP contribution is -2.21. The van der Waals surface area contributed by atoms with Crippen LogP contribution in [0.15, 0.2) is 28.8 Å². The molecule has 1 heterocycles. The fourth-order valence-electron chi connectivity index (χ4n) is 1.54. The van der Waals surface area contributed by atoms with Crippen molar-refractivity contribution >= 4 is 0 Å². The van der Waals surface area contributed by atoms with Crippen molar-refractivity contribution in [2.75, 3.05) is 0 Å². The number of aromatic nitrogens is 2. The average Bonchev–Trinajstić information content (AvgIpc) is 2.74. The van der Waals surface area contributed by atoms with Crippen LogP contribution in [0, 0.1) is 6.92 Å². The van der Waals surface area contributed by atoms with Gasteiger partial charge in [0, 0.05) is 12.5 Å². The monoisotopic (exact) mass is 273 g/mol. The summed E-state index contributed by atoms with van der Waals surface area (Å²) < 4.78 is 45.5. The molecule has 1 aromatic carbocycles. The minimum Gasteiger partial charge on any atom is -0.405 e. The predicted molar refractivity (Wildman–Crippen MR) is 58.2 cm³/mol. The second-order valence-corrected chi connectivity index (χ2v) is 3.73. The average molecular weight is 273 g/mol. The van der Waals surface area contributed by atoms with Gasteiger partial charge in [-0.05, 0) is 6.07 Å². The number of benzene rings is 1. The number of nitrogens with zero attached hydrogens (tertiary/aromatic N) is 2. The highest BCUT2D eigenvalue weighted by atomic mass is 19.4. The summed E-state index contributed by atoms with van der Waals surface area (Å²) in [5.41, 5.74) is 5.94. The van der Waals surface area contributed by atoms with Gasteiger partial charge in [-0.15, -0.1) is 13.2 Å². The first-order chi connectivity index (χ1) is 8.87. The standard InChI is InChI=1S/C11H10F3N3O2/c1-6-16-10(17-19-6)9(15)7-4-2-3-5-8(7)18-11(12,13)14/h2-5,9H,15H2,1H3/t9-/m1/s1. The van der Waals surface area contributed by atoms with Crippen LogP contribution in [0.3, 0.4) is 0 Å². The van der Waals surface area contributed by atoms with Gasteiger partial charge < -0.3 is 15.0 Å². The Hall–Kier alpha value is -2.09. The number of para-hydroxylation sites is 1. The van der Waals surface area contributed by atoms with Crippen LogP contribution in [0.4, 0.5) is 13.2 Å². The van der Waals surface area contributed by atoms with Crippen LogP contribution in [0.25, 0.3) is 0 Å². The topological polar surface area (TPSA) is 74.2 Å². The van der Waals surface area contributed by atoms with Gasteiger partial charge in [-0.25, -0.2) is 0 Å². The first-order valence-corrected chi connectivity index (χ1v) is 5.27. The number of aryl methyl sites for hydroxylation is 1. The Labute approximate surface area is 106 Å². The van der Waals surface area contributed by atoms with Crippen LogP contribution in [-0.2, 0) is 0 Å². The van der Waals surface area contributed by atoms with E-state index in [-0.39, 0.29) is 23.0 Å². The van der Waals surface area contributed by atoms with E-state index < -0.39 is 12.4 Å². The highest BCUT2D eigenvalue weighted by Crippen LogP contribution is 2.31. The van der Waals surface area contributed by atoms with Gasteiger partial charge in [0.1, 0.15) is 5.75 Å². The molecule has 0 aliphatic heterocycles. The summed E-state index contributed by atoms with van der Waals surface area (Å²) in [4.78, 5) is 3.88. The molecule has 0 fully saturated rings. The van der Waals surface area contributed by atoms with Crippen molar-refractivity contribution in [1.82, 2.24) is 10.1 Å². The minimum atomic E-state index is -4.79. The molecule has 19 heavy (non-hydrogen) atoms. The van der Waals surface area contributed by atoms with Crippen LogP contribution < -0.4 is 10.5 Å². The Kier molecular flexibility index (Phi) is 3.43. The molecule has 2 rings (SSSR count). The van der Waals surface area contributed by atoms with Crippen molar-refractivity contribution in [3.8, 4) is 5.75 Å². The second kappa shape index (κ2) is 4.88. The van der Waals surface area contributed by atoms with Crippen molar-refractivity contribution in [3.05, 3.63) is 41.5 Å². The number of hydrogen-bond acceptors (Lipinski definition) is 5. The molecule has 0 saturated heterocycles. The number of hydrogen-bond donors (Lipinski definition) is 1. The van der Waals surface area contributed by atoms with E-state index in [4.69, 9.17) is 10.3 Å². The molecule has 8 heteroatoms. The van der Waals surface area contributed by atoms with E-state index in [1.54, 1.807) is 13.0 Å². The number of alkyl halides is 3. The normalized spacial score (nSPS) is 13.3. The molecular formula is C11H10F3N3O2. The van der Waals surface area contributed by atoms with Crippen LogP contribution in [0.1, 0.15) is 23.3 Å². The third-order valence-electron chi connectivity index (χ3n) is 2.30. The predicted octanol–water partition coefficient (Wildman–Crippen LogP) is 2.32. The molecule has 0 bridgehead atoms. The van der Waals surface area contributed by atoms with Gasteiger partial charge in [-0.2, -0.15) is 4.98 Å². The molecule has 5 nitrogen and oxygen atoms in total. The number of nitrogens with two attached hydrogens (primary N) is 1. The van der Waals surface area contributed by atoms with E-state index in [2.05, 4.69) is 14.9 Å². The summed E-state index contributed by atoms with van der Waals surface area (Å²) in [6.45, 7) is 1.56. The van der Waals surface area contributed by atoms with E-state index >= 15 is 0 Å². The smallest absolute Gasteiger partial charge is 0.405 e. The van der Waals surface area contributed by atoms with Crippen molar-refractivity contribution in [2.45, 2.75) is 19.3 Å². The van der Waals surface area contributed by atoms with Crippen molar-refractivity contribution in [1.29, 1.82) is 0 Å². The molecule has 2 aromatic rings. The number of rotatable bonds is 3. The molecule has 2 N–H and O–H groups in total. The van der Waals surface area contributed by atoms with Gasteiger partial charge in [-0.3, -0.25) is 0 Å². The van der Waals surface area contributed by atoms with Crippen LogP contribution >= 0.6 is 0 Å².